The van der Waals surface area contributed by atoms with E-state index in [1.54, 1.807) is 0 Å². The number of carbonyl (C=O) groups excluding carboxylic acids is 2. The quantitative estimate of drug-likeness (QED) is 0.122. The number of carbonyl (C=O) groups is 2. The number of rotatable bonds is 20. The Kier molecular flexibility index (Phi) is 17.2. The van der Waals surface area contributed by atoms with Crippen LogP contribution in [0.1, 0.15) is 90.9 Å². The molecule has 2 unspecified atom stereocenters. The third kappa shape index (κ3) is 19.9. The number of ether oxygens (including phenoxy) is 2. The molecule has 0 aromatic heterocycles. The van der Waals surface area contributed by atoms with Gasteiger partial charge in [0.1, 0.15) is 6.61 Å². The maximum atomic E-state index is 12.1. The summed E-state index contributed by atoms with van der Waals surface area (Å²) in [5.41, 5.74) is 0. The van der Waals surface area contributed by atoms with Gasteiger partial charge in [-0.05, 0) is 12.8 Å². The van der Waals surface area contributed by atoms with Crippen LogP contribution >= 0.6 is 15.6 Å². The van der Waals surface area contributed by atoms with Crippen LogP contribution in [0.25, 0.3) is 0 Å². The summed E-state index contributed by atoms with van der Waals surface area (Å²) in [7, 11) is -10.4. The second-order valence-electron chi connectivity index (χ2n) is 7.46. The van der Waals surface area contributed by atoms with Crippen molar-refractivity contribution in [3.63, 3.8) is 0 Å². The van der Waals surface area contributed by atoms with Crippen LogP contribution in [0.4, 0.5) is 0 Å². The molecule has 0 aliphatic carbocycles. The zero-order valence-electron chi connectivity index (χ0n) is 19.0. The average Bonchev–Trinajstić information content (AvgIpc) is 2.68. The van der Waals surface area contributed by atoms with Gasteiger partial charge < -0.3 is 24.2 Å². The molecule has 0 fully saturated rings. The van der Waals surface area contributed by atoms with Crippen molar-refractivity contribution in [1.82, 2.24) is 0 Å². The molecule has 190 valence electrons. The van der Waals surface area contributed by atoms with Crippen LogP contribution in [-0.2, 0) is 37.0 Å². The van der Waals surface area contributed by atoms with E-state index in [9.17, 15) is 23.6 Å². The lowest BCUT2D eigenvalue weighted by molar-refractivity contribution is -0.161. The molecule has 0 radical (unpaired) electrons. The molecule has 0 aromatic rings. The van der Waals surface area contributed by atoms with Gasteiger partial charge in [-0.1, -0.05) is 65.2 Å². The molecule has 13 heteroatoms. The summed E-state index contributed by atoms with van der Waals surface area (Å²) >= 11 is 0. The van der Waals surface area contributed by atoms with Crippen molar-refractivity contribution in [2.45, 2.75) is 97.0 Å². The standard InChI is InChI=1S/C19H38O11P2/c1-3-5-7-9-11-13-18(20)27-15-17(16-28-32(25,26)30-31(22,23)24)29-19(21)14-12-10-8-6-4-2/h17H,3-16H2,1-2H3,(H,25,26)(H2,22,23,24). The van der Waals surface area contributed by atoms with Gasteiger partial charge in [-0.3, -0.25) is 14.1 Å². The minimum atomic E-state index is -5.28. The molecule has 0 spiro atoms. The Morgan fingerprint density at radius 2 is 1.25 bits per heavy atom. The first-order valence-electron chi connectivity index (χ1n) is 11.1. The van der Waals surface area contributed by atoms with Crippen molar-refractivity contribution < 1.29 is 51.7 Å². The largest absolute Gasteiger partial charge is 0.481 e. The van der Waals surface area contributed by atoms with Crippen LogP contribution < -0.4 is 0 Å². The van der Waals surface area contributed by atoms with Crippen molar-refractivity contribution in [3.05, 3.63) is 0 Å². The number of hydrogen-bond donors (Lipinski definition) is 3. The van der Waals surface area contributed by atoms with E-state index >= 15 is 0 Å². The fraction of sp³-hybridized carbons (Fsp3) is 0.895. The fourth-order valence-electron chi connectivity index (χ4n) is 2.70. The maximum Gasteiger partial charge on any atom is 0.481 e. The third-order valence-electron chi connectivity index (χ3n) is 4.33. The van der Waals surface area contributed by atoms with Crippen LogP contribution in [0, 0.1) is 0 Å². The molecule has 0 bridgehead atoms. The van der Waals surface area contributed by atoms with E-state index in [1.807, 2.05) is 0 Å². The van der Waals surface area contributed by atoms with Crippen molar-refractivity contribution in [3.8, 4) is 0 Å². The van der Waals surface area contributed by atoms with Gasteiger partial charge in [0.2, 0.25) is 0 Å². The number of phosphoric ester groups is 1. The summed E-state index contributed by atoms with van der Waals surface area (Å²) in [6.07, 6.45) is 8.33. The topological polar surface area (TPSA) is 166 Å². The van der Waals surface area contributed by atoms with Crippen molar-refractivity contribution in [1.29, 1.82) is 0 Å². The van der Waals surface area contributed by atoms with Gasteiger partial charge in [-0.25, -0.2) is 9.13 Å². The molecule has 0 heterocycles. The Labute approximate surface area is 190 Å². The molecule has 32 heavy (non-hydrogen) atoms. The van der Waals surface area contributed by atoms with Gasteiger partial charge in [0, 0.05) is 12.8 Å². The van der Waals surface area contributed by atoms with E-state index in [2.05, 4.69) is 22.7 Å². The molecular weight excluding hydrogens is 466 g/mol. The van der Waals surface area contributed by atoms with E-state index in [4.69, 9.17) is 19.3 Å². The first-order chi connectivity index (χ1) is 15.0. The van der Waals surface area contributed by atoms with Crippen LogP contribution in [0.15, 0.2) is 0 Å². The van der Waals surface area contributed by atoms with Gasteiger partial charge in [-0.15, -0.1) is 0 Å². The number of hydrogen-bond acceptors (Lipinski definition) is 8. The highest BCUT2D eigenvalue weighted by Gasteiger charge is 2.33. The Morgan fingerprint density at radius 3 is 1.75 bits per heavy atom. The zero-order chi connectivity index (χ0) is 24.5. The summed E-state index contributed by atoms with van der Waals surface area (Å²) in [5, 5.41) is 0. The van der Waals surface area contributed by atoms with E-state index in [0.717, 1.165) is 51.4 Å². The predicted molar refractivity (Wildman–Crippen MR) is 116 cm³/mol. The van der Waals surface area contributed by atoms with Crippen molar-refractivity contribution in [2.75, 3.05) is 13.2 Å². The maximum absolute atomic E-state index is 12.1. The minimum Gasteiger partial charge on any atom is -0.462 e. The molecule has 11 nitrogen and oxygen atoms in total. The zero-order valence-corrected chi connectivity index (χ0v) is 20.8. The molecule has 2 atom stereocenters. The molecule has 0 aliphatic heterocycles. The molecule has 0 aromatic carbocycles. The number of esters is 2. The monoisotopic (exact) mass is 504 g/mol. The van der Waals surface area contributed by atoms with Gasteiger partial charge in [0.05, 0.1) is 6.61 Å². The highest BCUT2D eigenvalue weighted by molar-refractivity contribution is 7.60. The van der Waals surface area contributed by atoms with Crippen molar-refractivity contribution in [2.24, 2.45) is 0 Å². The molecule has 0 saturated heterocycles. The van der Waals surface area contributed by atoms with E-state index in [-0.39, 0.29) is 12.8 Å². The lowest BCUT2D eigenvalue weighted by Crippen LogP contribution is -2.29. The first-order valence-corrected chi connectivity index (χ1v) is 14.1. The van der Waals surface area contributed by atoms with Crippen molar-refractivity contribution >= 4 is 27.6 Å². The summed E-state index contributed by atoms with van der Waals surface area (Å²) < 4.78 is 40.8. The molecule has 3 N–H and O–H groups in total. The molecule has 0 aliphatic rings. The Balaban J connectivity index is 4.64. The van der Waals surface area contributed by atoms with Crippen LogP contribution in [0.5, 0.6) is 0 Å². The molecule has 0 amide bonds. The molecular formula is C19H38O11P2. The number of unbranched alkanes of at least 4 members (excludes halogenated alkanes) is 8. The smallest absolute Gasteiger partial charge is 0.462 e. The van der Waals surface area contributed by atoms with Gasteiger partial charge in [0.25, 0.3) is 0 Å². The highest BCUT2D eigenvalue weighted by Crippen LogP contribution is 2.57. The number of phosphoric acid groups is 2. The normalized spacial score (nSPS) is 14.5. The minimum absolute atomic E-state index is 0.112. The lowest BCUT2D eigenvalue weighted by Gasteiger charge is -2.20. The summed E-state index contributed by atoms with van der Waals surface area (Å²) in [6, 6.07) is 0. The Morgan fingerprint density at radius 1 is 0.750 bits per heavy atom. The second-order valence-corrected chi connectivity index (χ2v) is 10.3. The molecule has 0 rings (SSSR count). The highest BCUT2D eigenvalue weighted by atomic mass is 31.3. The Bertz CT molecular complexity index is 620. The van der Waals surface area contributed by atoms with E-state index in [1.165, 1.54) is 0 Å². The van der Waals surface area contributed by atoms with Crippen LogP contribution in [-0.4, -0.2) is 45.9 Å². The van der Waals surface area contributed by atoms with Gasteiger partial charge >= 0.3 is 27.6 Å². The Hall–Kier alpha value is -0.800. The van der Waals surface area contributed by atoms with Gasteiger partial charge in [0.15, 0.2) is 6.10 Å². The van der Waals surface area contributed by atoms with E-state index in [0.29, 0.717) is 12.8 Å². The fourth-order valence-corrected chi connectivity index (χ4v) is 4.32. The average molecular weight is 504 g/mol. The SMILES string of the molecule is CCCCCCCC(=O)OCC(COP(=O)(O)OP(=O)(O)O)OC(=O)CCCCCCC. The predicted octanol–water partition coefficient (Wildman–Crippen LogP) is 4.39. The van der Waals surface area contributed by atoms with E-state index < -0.39 is 46.9 Å². The summed E-state index contributed by atoms with van der Waals surface area (Å²) in [4.78, 5) is 50.6. The van der Waals surface area contributed by atoms with Crippen LogP contribution in [0.3, 0.4) is 0 Å². The lowest BCUT2D eigenvalue weighted by atomic mass is 10.1. The third-order valence-corrected chi connectivity index (χ3v) is 6.48. The summed E-state index contributed by atoms with van der Waals surface area (Å²) in [5.74, 6) is -1.12. The second kappa shape index (κ2) is 17.6. The first kappa shape index (κ1) is 31.2. The van der Waals surface area contributed by atoms with Crippen LogP contribution in [0.2, 0.25) is 0 Å². The van der Waals surface area contributed by atoms with Gasteiger partial charge in [-0.2, -0.15) is 4.31 Å². The molecule has 0 saturated carbocycles. The summed E-state index contributed by atoms with van der Waals surface area (Å²) in [6.45, 7) is 2.98.